The molecule has 0 unspecified atom stereocenters. The van der Waals surface area contributed by atoms with Gasteiger partial charge in [0.2, 0.25) is 0 Å². The highest BCUT2D eigenvalue weighted by Gasteiger charge is 2.14. The highest BCUT2D eigenvalue weighted by Crippen LogP contribution is 2.34. The molecule has 1 saturated carbocycles. The minimum atomic E-state index is 0.876. The van der Waals surface area contributed by atoms with Crippen LogP contribution in [0.25, 0.3) is 0 Å². The Kier molecular flexibility index (Phi) is 3.74. The molecule has 0 amide bonds. The van der Waals surface area contributed by atoms with Crippen LogP contribution in [-0.4, -0.2) is 5.25 Å². The topological polar surface area (TPSA) is 0 Å². The maximum absolute atomic E-state index is 2.34. The van der Waals surface area contributed by atoms with Crippen LogP contribution in [0.1, 0.15) is 43.2 Å². The predicted molar refractivity (Wildman–Crippen MR) is 68.6 cm³/mol. The minimum absolute atomic E-state index is 0.876. The molecule has 1 aliphatic carbocycles. The maximum atomic E-state index is 2.34. The van der Waals surface area contributed by atoms with E-state index in [2.05, 4.69) is 43.8 Å². The van der Waals surface area contributed by atoms with E-state index in [1.165, 1.54) is 48.1 Å². The van der Waals surface area contributed by atoms with Gasteiger partial charge in [-0.05, 0) is 49.9 Å². The molecule has 0 N–H and O–H groups in total. The molecule has 1 aliphatic rings. The van der Waals surface area contributed by atoms with Crippen molar-refractivity contribution in [2.45, 2.75) is 56.1 Å². The van der Waals surface area contributed by atoms with Gasteiger partial charge in [-0.25, -0.2) is 0 Å². The van der Waals surface area contributed by atoms with Gasteiger partial charge < -0.3 is 0 Å². The average Bonchev–Trinajstić information content (AvgIpc) is 2.25. The summed E-state index contributed by atoms with van der Waals surface area (Å²) in [6.07, 6.45) is 7.14. The highest BCUT2D eigenvalue weighted by molar-refractivity contribution is 8.00. The van der Waals surface area contributed by atoms with Crippen LogP contribution in [0, 0.1) is 13.8 Å². The van der Waals surface area contributed by atoms with Crippen molar-refractivity contribution in [3.05, 3.63) is 29.3 Å². The van der Waals surface area contributed by atoms with Crippen LogP contribution in [0.3, 0.4) is 0 Å². The molecule has 0 heterocycles. The highest BCUT2D eigenvalue weighted by atomic mass is 32.2. The van der Waals surface area contributed by atoms with E-state index in [1.807, 2.05) is 0 Å². The molecule has 1 aromatic rings. The summed E-state index contributed by atoms with van der Waals surface area (Å²) in [6.45, 7) is 4.39. The second-order valence-corrected chi connectivity index (χ2v) is 6.00. The fourth-order valence-corrected chi connectivity index (χ4v) is 3.51. The largest absolute Gasteiger partial charge is 0.123 e. The van der Waals surface area contributed by atoms with Crippen molar-refractivity contribution >= 4 is 11.8 Å². The van der Waals surface area contributed by atoms with Crippen LogP contribution >= 0.6 is 11.8 Å². The lowest BCUT2D eigenvalue weighted by Crippen LogP contribution is -2.07. The minimum Gasteiger partial charge on any atom is -0.123 e. The second kappa shape index (κ2) is 5.07. The molecule has 0 radical (unpaired) electrons. The molecular formula is C14H20S. The summed E-state index contributed by atoms with van der Waals surface area (Å²) in [5.74, 6) is 0. The Hall–Kier alpha value is -0.430. The zero-order valence-corrected chi connectivity index (χ0v) is 10.6. The zero-order chi connectivity index (χ0) is 10.7. The molecule has 1 fully saturated rings. The first-order chi connectivity index (χ1) is 7.25. The molecule has 0 aromatic heterocycles. The molecule has 1 aromatic carbocycles. The van der Waals surface area contributed by atoms with E-state index in [9.17, 15) is 0 Å². The van der Waals surface area contributed by atoms with Crippen molar-refractivity contribution in [3.8, 4) is 0 Å². The van der Waals surface area contributed by atoms with Crippen LogP contribution in [-0.2, 0) is 0 Å². The molecule has 0 bridgehead atoms. The summed E-state index contributed by atoms with van der Waals surface area (Å²) in [6, 6.07) is 6.87. The van der Waals surface area contributed by atoms with Crippen molar-refractivity contribution in [1.29, 1.82) is 0 Å². The SMILES string of the molecule is Cc1ccc(SC2CCCCC2)cc1C. The van der Waals surface area contributed by atoms with E-state index in [0.29, 0.717) is 0 Å². The summed E-state index contributed by atoms with van der Waals surface area (Å²) in [5.41, 5.74) is 2.83. The smallest absolute Gasteiger partial charge is 0.00944 e. The lowest BCUT2D eigenvalue weighted by atomic mass is 10.0. The number of rotatable bonds is 2. The van der Waals surface area contributed by atoms with Crippen molar-refractivity contribution in [2.24, 2.45) is 0 Å². The van der Waals surface area contributed by atoms with Gasteiger partial charge in [-0.3, -0.25) is 0 Å². The summed E-state index contributed by atoms with van der Waals surface area (Å²) in [5, 5.41) is 0.876. The third kappa shape index (κ3) is 3.01. The van der Waals surface area contributed by atoms with E-state index >= 15 is 0 Å². The van der Waals surface area contributed by atoms with Crippen LogP contribution in [0.5, 0.6) is 0 Å². The number of benzene rings is 1. The lowest BCUT2D eigenvalue weighted by Gasteiger charge is -2.21. The zero-order valence-electron chi connectivity index (χ0n) is 9.75. The number of hydrogen-bond acceptors (Lipinski definition) is 1. The third-order valence-corrected chi connectivity index (χ3v) is 4.66. The van der Waals surface area contributed by atoms with Gasteiger partial charge in [0.15, 0.2) is 0 Å². The summed E-state index contributed by atoms with van der Waals surface area (Å²) < 4.78 is 0. The molecule has 0 aliphatic heterocycles. The van der Waals surface area contributed by atoms with Gasteiger partial charge in [-0.15, -0.1) is 11.8 Å². The first-order valence-electron chi connectivity index (χ1n) is 5.99. The lowest BCUT2D eigenvalue weighted by molar-refractivity contribution is 0.516. The fourth-order valence-electron chi connectivity index (χ4n) is 2.16. The van der Waals surface area contributed by atoms with Gasteiger partial charge >= 0.3 is 0 Å². The van der Waals surface area contributed by atoms with Crippen molar-refractivity contribution in [2.75, 3.05) is 0 Å². The monoisotopic (exact) mass is 220 g/mol. The Morgan fingerprint density at radius 2 is 1.73 bits per heavy atom. The Bertz CT molecular complexity index is 324. The van der Waals surface area contributed by atoms with Gasteiger partial charge in [0, 0.05) is 10.1 Å². The van der Waals surface area contributed by atoms with E-state index in [0.717, 1.165) is 5.25 Å². The predicted octanol–water partition coefficient (Wildman–Crippen LogP) is 4.73. The van der Waals surface area contributed by atoms with Gasteiger partial charge in [-0.1, -0.05) is 25.3 Å². The van der Waals surface area contributed by atoms with Gasteiger partial charge in [-0.2, -0.15) is 0 Å². The van der Waals surface area contributed by atoms with Crippen molar-refractivity contribution in [3.63, 3.8) is 0 Å². The standard InChI is InChI=1S/C14H20S/c1-11-8-9-14(10-12(11)2)15-13-6-4-3-5-7-13/h8-10,13H,3-7H2,1-2H3. The summed E-state index contributed by atoms with van der Waals surface area (Å²) in [4.78, 5) is 1.46. The van der Waals surface area contributed by atoms with Gasteiger partial charge in [0.05, 0.1) is 0 Å². The van der Waals surface area contributed by atoms with E-state index in [1.54, 1.807) is 0 Å². The molecule has 0 nitrogen and oxygen atoms in total. The Morgan fingerprint density at radius 3 is 2.40 bits per heavy atom. The van der Waals surface area contributed by atoms with E-state index in [4.69, 9.17) is 0 Å². The Balaban J connectivity index is 2.00. The second-order valence-electron chi connectivity index (χ2n) is 4.62. The molecule has 2 rings (SSSR count). The quantitative estimate of drug-likeness (QED) is 0.694. The van der Waals surface area contributed by atoms with E-state index in [-0.39, 0.29) is 0 Å². The summed E-state index contributed by atoms with van der Waals surface area (Å²) >= 11 is 2.09. The normalized spacial score (nSPS) is 18.0. The third-order valence-electron chi connectivity index (χ3n) is 3.33. The number of hydrogen-bond donors (Lipinski definition) is 0. The molecule has 82 valence electrons. The molecule has 0 spiro atoms. The summed E-state index contributed by atoms with van der Waals surface area (Å²) in [7, 11) is 0. The van der Waals surface area contributed by atoms with Crippen molar-refractivity contribution < 1.29 is 0 Å². The van der Waals surface area contributed by atoms with E-state index < -0.39 is 0 Å². The Morgan fingerprint density at radius 1 is 1.00 bits per heavy atom. The molecule has 15 heavy (non-hydrogen) atoms. The number of thioether (sulfide) groups is 1. The molecule has 1 heteroatoms. The molecular weight excluding hydrogens is 200 g/mol. The van der Waals surface area contributed by atoms with Crippen LogP contribution in [0.4, 0.5) is 0 Å². The first kappa shape index (κ1) is 11.1. The fraction of sp³-hybridized carbons (Fsp3) is 0.571. The maximum Gasteiger partial charge on any atom is 0.00944 e. The van der Waals surface area contributed by atoms with Gasteiger partial charge in [0.1, 0.15) is 0 Å². The van der Waals surface area contributed by atoms with Crippen molar-refractivity contribution in [1.82, 2.24) is 0 Å². The van der Waals surface area contributed by atoms with Gasteiger partial charge in [0.25, 0.3) is 0 Å². The van der Waals surface area contributed by atoms with Crippen LogP contribution < -0.4 is 0 Å². The van der Waals surface area contributed by atoms with Crippen LogP contribution in [0.2, 0.25) is 0 Å². The Labute approximate surface area is 97.5 Å². The first-order valence-corrected chi connectivity index (χ1v) is 6.87. The molecule has 0 saturated heterocycles. The average molecular weight is 220 g/mol. The van der Waals surface area contributed by atoms with Crippen LogP contribution in [0.15, 0.2) is 23.1 Å². The molecule has 0 atom stereocenters. The number of aryl methyl sites for hydroxylation is 2.